The Hall–Kier alpha value is -1.03. The summed E-state index contributed by atoms with van der Waals surface area (Å²) in [4.78, 5) is 11.4. The largest absolute Gasteiger partial charge is 0.482 e. The number of hydrogen-bond acceptors (Lipinski definition) is 3. The highest BCUT2D eigenvalue weighted by Gasteiger charge is 2.11. The van der Waals surface area contributed by atoms with Crippen LogP contribution < -0.4 is 4.74 Å². The molecule has 0 amide bonds. The van der Waals surface area contributed by atoms with Crippen molar-refractivity contribution in [3.8, 4) is 5.75 Å². The molecule has 4 heteroatoms. The molecule has 0 radical (unpaired) electrons. The van der Waals surface area contributed by atoms with Gasteiger partial charge in [-0.25, -0.2) is 4.79 Å². The molecular weight excluding hydrogens is 248 g/mol. The maximum atomic E-state index is 11.4. The molecule has 0 aliphatic rings. The first-order chi connectivity index (χ1) is 6.79. The highest BCUT2D eigenvalue weighted by atomic mass is 79.9. The second kappa shape index (κ2) is 5.65. The van der Waals surface area contributed by atoms with Crippen LogP contribution >= 0.6 is 15.9 Å². The van der Waals surface area contributed by atoms with E-state index in [2.05, 4.69) is 15.9 Å². The van der Waals surface area contributed by atoms with Crippen molar-refractivity contribution in [3.05, 3.63) is 29.8 Å². The van der Waals surface area contributed by atoms with E-state index in [4.69, 9.17) is 9.47 Å². The van der Waals surface area contributed by atoms with E-state index >= 15 is 0 Å². The minimum Gasteiger partial charge on any atom is -0.482 e. The number of carbonyl (C=O) groups excluding carboxylic acids is 1. The van der Waals surface area contributed by atoms with E-state index in [-0.39, 0.29) is 5.97 Å². The number of esters is 1. The van der Waals surface area contributed by atoms with E-state index in [9.17, 15) is 4.79 Å². The number of ether oxygens (including phenoxy) is 2. The lowest BCUT2D eigenvalue weighted by Gasteiger charge is -2.07. The van der Waals surface area contributed by atoms with Gasteiger partial charge in [0.05, 0.1) is 6.61 Å². The Morgan fingerprint density at radius 1 is 1.43 bits per heavy atom. The predicted octanol–water partition coefficient (Wildman–Crippen LogP) is 2.59. The summed E-state index contributed by atoms with van der Waals surface area (Å²) in [5.41, 5.74) is 0.803. The molecule has 1 aromatic carbocycles. The molecule has 0 saturated heterocycles. The molecule has 1 rings (SSSR count). The summed E-state index contributed by atoms with van der Waals surface area (Å²) in [7, 11) is 0. The molecule has 0 aliphatic heterocycles. The van der Waals surface area contributed by atoms with Gasteiger partial charge in [0, 0.05) is 0 Å². The molecule has 0 atom stereocenters. The first-order valence-electron chi connectivity index (χ1n) is 4.24. The molecule has 1 aromatic rings. The molecular formula is C10H11BrO3. The average molecular weight is 259 g/mol. The first kappa shape index (κ1) is 11.0. The van der Waals surface area contributed by atoms with Crippen LogP contribution in [0.1, 0.15) is 17.3 Å². The quantitative estimate of drug-likeness (QED) is 0.615. The summed E-state index contributed by atoms with van der Waals surface area (Å²) < 4.78 is 10.1. The van der Waals surface area contributed by atoms with Crippen molar-refractivity contribution in [2.45, 2.75) is 6.92 Å². The fraction of sp³-hybridized carbons (Fsp3) is 0.300. The van der Waals surface area contributed by atoms with Gasteiger partial charge in [-0.05, 0) is 35.0 Å². The fourth-order valence-electron chi connectivity index (χ4n) is 1.03. The highest BCUT2D eigenvalue weighted by molar-refractivity contribution is 9.09. The second-order valence-corrected chi connectivity index (χ2v) is 2.93. The zero-order valence-electron chi connectivity index (χ0n) is 7.83. The minimum atomic E-state index is -0.357. The predicted molar refractivity (Wildman–Crippen MR) is 56.8 cm³/mol. The Kier molecular flexibility index (Phi) is 4.46. The summed E-state index contributed by atoms with van der Waals surface area (Å²) in [5, 5.41) is 0. The number of halogens is 1. The molecule has 0 aliphatic carbocycles. The molecule has 0 unspecified atom stereocenters. The van der Waals surface area contributed by atoms with E-state index in [1.165, 1.54) is 0 Å². The van der Waals surface area contributed by atoms with Crippen molar-refractivity contribution in [1.82, 2.24) is 0 Å². The van der Waals surface area contributed by atoms with Gasteiger partial charge in [0.15, 0.2) is 0 Å². The molecule has 0 bridgehead atoms. The SMILES string of the molecule is CCOC(=O)c1ccccc1OCBr. The van der Waals surface area contributed by atoms with E-state index in [0.29, 0.717) is 23.4 Å². The van der Waals surface area contributed by atoms with Crippen LogP contribution in [0.2, 0.25) is 0 Å². The van der Waals surface area contributed by atoms with E-state index in [1.54, 1.807) is 31.2 Å². The standard InChI is InChI=1S/C10H11BrO3/c1-2-13-10(12)8-5-3-4-6-9(8)14-7-11/h3-6H,2,7H2,1H3. The molecule has 0 spiro atoms. The van der Waals surface area contributed by atoms with Gasteiger partial charge in [0.2, 0.25) is 0 Å². The normalized spacial score (nSPS) is 9.57. The minimum absolute atomic E-state index is 0.351. The monoisotopic (exact) mass is 258 g/mol. The Morgan fingerprint density at radius 2 is 2.14 bits per heavy atom. The van der Waals surface area contributed by atoms with Gasteiger partial charge in [-0.15, -0.1) is 0 Å². The lowest BCUT2D eigenvalue weighted by atomic mass is 10.2. The molecule has 0 aromatic heterocycles. The number of hydrogen-bond donors (Lipinski definition) is 0. The molecule has 0 heterocycles. The Bertz CT molecular complexity index is 312. The Balaban J connectivity index is 2.88. The molecule has 0 fully saturated rings. The van der Waals surface area contributed by atoms with Gasteiger partial charge in [-0.1, -0.05) is 12.1 Å². The Labute approximate surface area is 91.1 Å². The number of carbonyl (C=O) groups is 1. The summed E-state index contributed by atoms with van der Waals surface area (Å²) in [6, 6.07) is 6.98. The summed E-state index contributed by atoms with van der Waals surface area (Å²) >= 11 is 3.13. The van der Waals surface area contributed by atoms with Crippen LogP contribution in [0.5, 0.6) is 5.75 Å². The molecule has 0 saturated carbocycles. The fourth-order valence-corrected chi connectivity index (χ4v) is 1.28. The maximum absolute atomic E-state index is 11.4. The van der Waals surface area contributed by atoms with Crippen molar-refractivity contribution >= 4 is 21.9 Å². The van der Waals surface area contributed by atoms with Crippen LogP contribution in [0.15, 0.2) is 24.3 Å². The lowest BCUT2D eigenvalue weighted by Crippen LogP contribution is -2.07. The molecule has 0 N–H and O–H groups in total. The van der Waals surface area contributed by atoms with Crippen LogP contribution in [0, 0.1) is 0 Å². The van der Waals surface area contributed by atoms with Gasteiger partial charge in [-0.3, -0.25) is 0 Å². The van der Waals surface area contributed by atoms with Gasteiger partial charge < -0.3 is 9.47 Å². The van der Waals surface area contributed by atoms with Crippen LogP contribution in [0.4, 0.5) is 0 Å². The summed E-state index contributed by atoms with van der Waals surface area (Å²) in [6.07, 6.45) is 0. The van der Waals surface area contributed by atoms with Gasteiger partial charge in [0.1, 0.15) is 16.8 Å². The molecule has 14 heavy (non-hydrogen) atoms. The van der Waals surface area contributed by atoms with Crippen molar-refractivity contribution < 1.29 is 14.3 Å². The molecule has 76 valence electrons. The summed E-state index contributed by atoms with van der Waals surface area (Å²) in [6.45, 7) is 2.13. The van der Waals surface area contributed by atoms with Crippen molar-refractivity contribution in [2.24, 2.45) is 0 Å². The van der Waals surface area contributed by atoms with Crippen LogP contribution in [-0.2, 0) is 4.74 Å². The number of para-hydroxylation sites is 1. The summed E-state index contributed by atoms with van der Waals surface area (Å²) in [5.74, 6) is 0.173. The average Bonchev–Trinajstić information content (AvgIpc) is 2.19. The number of rotatable bonds is 4. The first-order valence-corrected chi connectivity index (χ1v) is 5.36. The molecule has 3 nitrogen and oxygen atoms in total. The van der Waals surface area contributed by atoms with Gasteiger partial charge in [-0.2, -0.15) is 0 Å². The Morgan fingerprint density at radius 3 is 2.79 bits per heavy atom. The van der Waals surface area contributed by atoms with Gasteiger partial charge in [0.25, 0.3) is 0 Å². The third-order valence-electron chi connectivity index (χ3n) is 1.59. The zero-order chi connectivity index (χ0) is 10.4. The van der Waals surface area contributed by atoms with E-state index in [0.717, 1.165) is 0 Å². The zero-order valence-corrected chi connectivity index (χ0v) is 9.41. The van der Waals surface area contributed by atoms with E-state index in [1.807, 2.05) is 0 Å². The van der Waals surface area contributed by atoms with Crippen molar-refractivity contribution in [2.75, 3.05) is 12.1 Å². The highest BCUT2D eigenvalue weighted by Crippen LogP contribution is 2.19. The van der Waals surface area contributed by atoms with Crippen LogP contribution in [0.3, 0.4) is 0 Å². The third kappa shape index (κ3) is 2.73. The van der Waals surface area contributed by atoms with E-state index < -0.39 is 0 Å². The van der Waals surface area contributed by atoms with Crippen LogP contribution in [-0.4, -0.2) is 18.1 Å². The topological polar surface area (TPSA) is 35.5 Å². The second-order valence-electron chi connectivity index (χ2n) is 2.47. The van der Waals surface area contributed by atoms with Crippen molar-refractivity contribution in [3.63, 3.8) is 0 Å². The third-order valence-corrected chi connectivity index (χ3v) is 1.82. The number of benzene rings is 1. The smallest absolute Gasteiger partial charge is 0.341 e. The number of alkyl halides is 1. The maximum Gasteiger partial charge on any atom is 0.341 e. The lowest BCUT2D eigenvalue weighted by molar-refractivity contribution is 0.0522. The van der Waals surface area contributed by atoms with Crippen molar-refractivity contribution in [1.29, 1.82) is 0 Å². The van der Waals surface area contributed by atoms with Gasteiger partial charge >= 0.3 is 5.97 Å². The van der Waals surface area contributed by atoms with Crippen LogP contribution in [0.25, 0.3) is 0 Å².